The molecule has 8 nitrogen and oxygen atoms in total. The van der Waals surface area contributed by atoms with Gasteiger partial charge in [-0.3, -0.25) is 14.4 Å². The molecule has 2 heterocycles. The number of aromatic nitrogens is 2. The Morgan fingerprint density at radius 1 is 1.14 bits per heavy atom. The van der Waals surface area contributed by atoms with Crippen LogP contribution in [-0.4, -0.2) is 49.1 Å². The van der Waals surface area contributed by atoms with Gasteiger partial charge in [-0.25, -0.2) is 4.68 Å². The van der Waals surface area contributed by atoms with E-state index in [4.69, 9.17) is 9.29 Å². The molecule has 1 aliphatic heterocycles. The lowest BCUT2D eigenvalue weighted by Crippen LogP contribution is -2.36. The average molecular weight is 325 g/mol. The van der Waals surface area contributed by atoms with Gasteiger partial charge < -0.3 is 9.64 Å². The summed E-state index contributed by atoms with van der Waals surface area (Å²) in [6.07, 6.45) is 0. The Bertz CT molecular complexity index is 816. The van der Waals surface area contributed by atoms with Crippen LogP contribution >= 0.6 is 0 Å². The Hall–Kier alpha value is -2.10. The molecular formula is C13H15N3O5S. The van der Waals surface area contributed by atoms with Gasteiger partial charge >= 0.3 is 0 Å². The standard InChI is InChI=1S/C13H15N3O5S/c17-13-9-12(15-5-7-21-8-6-15)14-16(13)10-1-3-11(4-2-10)22(18,19)20/h1-4,9,14H,5-8H2,(H,18,19,20). The van der Waals surface area contributed by atoms with E-state index < -0.39 is 10.1 Å². The Balaban J connectivity index is 1.92. The Morgan fingerprint density at radius 2 is 1.77 bits per heavy atom. The van der Waals surface area contributed by atoms with Crippen molar-refractivity contribution in [1.29, 1.82) is 0 Å². The summed E-state index contributed by atoms with van der Waals surface area (Å²) in [4.78, 5) is 13.9. The van der Waals surface area contributed by atoms with E-state index >= 15 is 0 Å². The van der Waals surface area contributed by atoms with Crippen molar-refractivity contribution in [1.82, 2.24) is 9.78 Å². The van der Waals surface area contributed by atoms with Crippen molar-refractivity contribution in [2.75, 3.05) is 31.2 Å². The molecule has 118 valence electrons. The van der Waals surface area contributed by atoms with Crippen LogP contribution in [0.1, 0.15) is 0 Å². The third-order valence-corrected chi connectivity index (χ3v) is 4.32. The molecule has 1 aromatic carbocycles. The molecule has 0 spiro atoms. The third kappa shape index (κ3) is 2.91. The number of anilines is 1. The van der Waals surface area contributed by atoms with Crippen molar-refractivity contribution in [2.45, 2.75) is 4.90 Å². The highest BCUT2D eigenvalue weighted by Crippen LogP contribution is 2.15. The van der Waals surface area contributed by atoms with Crippen molar-refractivity contribution < 1.29 is 17.7 Å². The Labute approximate surface area is 126 Å². The van der Waals surface area contributed by atoms with Crippen LogP contribution in [0, 0.1) is 0 Å². The number of H-pyrrole nitrogens is 1. The highest BCUT2D eigenvalue weighted by molar-refractivity contribution is 7.85. The van der Waals surface area contributed by atoms with Gasteiger partial charge in [0.15, 0.2) is 0 Å². The van der Waals surface area contributed by atoms with Gasteiger partial charge in [-0.15, -0.1) is 0 Å². The maximum Gasteiger partial charge on any atom is 0.294 e. The van der Waals surface area contributed by atoms with E-state index in [1.807, 2.05) is 4.90 Å². The molecule has 22 heavy (non-hydrogen) atoms. The molecule has 2 aromatic rings. The molecule has 2 N–H and O–H groups in total. The molecule has 0 amide bonds. The summed E-state index contributed by atoms with van der Waals surface area (Å²) in [5, 5.41) is 2.99. The number of aromatic amines is 1. The quantitative estimate of drug-likeness (QED) is 0.784. The molecule has 0 radical (unpaired) electrons. The number of ether oxygens (including phenoxy) is 1. The summed E-state index contributed by atoms with van der Waals surface area (Å²) in [5.74, 6) is 0.687. The minimum Gasteiger partial charge on any atom is -0.378 e. The number of morpholine rings is 1. The second-order valence-corrected chi connectivity index (χ2v) is 6.30. The average Bonchev–Trinajstić information content (AvgIpc) is 2.89. The second kappa shape index (κ2) is 5.59. The fourth-order valence-corrected chi connectivity index (χ4v) is 2.79. The van der Waals surface area contributed by atoms with Crippen molar-refractivity contribution in [3.63, 3.8) is 0 Å². The lowest BCUT2D eigenvalue weighted by atomic mass is 10.3. The summed E-state index contributed by atoms with van der Waals surface area (Å²) in [6.45, 7) is 2.61. The van der Waals surface area contributed by atoms with Gasteiger partial charge in [0.05, 0.1) is 23.8 Å². The van der Waals surface area contributed by atoms with E-state index in [2.05, 4.69) is 5.10 Å². The van der Waals surface area contributed by atoms with Gasteiger partial charge in [-0.1, -0.05) is 0 Å². The topological polar surface area (TPSA) is 105 Å². The first kappa shape index (κ1) is 14.8. The molecule has 1 aliphatic rings. The lowest BCUT2D eigenvalue weighted by Gasteiger charge is -2.27. The van der Waals surface area contributed by atoms with Crippen LogP contribution in [0.4, 0.5) is 5.82 Å². The SMILES string of the molecule is O=c1cc(N2CCOCC2)[nH]n1-c1ccc(S(=O)(=O)O)cc1. The Morgan fingerprint density at radius 3 is 2.36 bits per heavy atom. The zero-order valence-electron chi connectivity index (χ0n) is 11.6. The molecule has 0 atom stereocenters. The van der Waals surface area contributed by atoms with E-state index in [9.17, 15) is 13.2 Å². The first-order valence-corrected chi connectivity index (χ1v) is 8.12. The van der Waals surface area contributed by atoms with Crippen LogP contribution in [0.25, 0.3) is 5.69 Å². The normalized spacial score (nSPS) is 16.0. The fraction of sp³-hybridized carbons (Fsp3) is 0.308. The molecule has 0 saturated carbocycles. The smallest absolute Gasteiger partial charge is 0.294 e. The van der Waals surface area contributed by atoms with Crippen LogP contribution in [-0.2, 0) is 14.9 Å². The molecule has 3 rings (SSSR count). The highest BCUT2D eigenvalue weighted by Gasteiger charge is 2.15. The predicted octanol–water partition coefficient (Wildman–Crippen LogP) is 0.249. The van der Waals surface area contributed by atoms with Gasteiger partial charge in [0.25, 0.3) is 15.7 Å². The predicted molar refractivity (Wildman–Crippen MR) is 79.2 cm³/mol. The molecular weight excluding hydrogens is 310 g/mol. The third-order valence-electron chi connectivity index (χ3n) is 3.45. The molecule has 0 aliphatic carbocycles. The summed E-state index contributed by atoms with van der Waals surface area (Å²) in [6, 6.07) is 6.87. The maximum absolute atomic E-state index is 12.1. The Kier molecular flexibility index (Phi) is 3.77. The highest BCUT2D eigenvalue weighted by atomic mass is 32.2. The van der Waals surface area contributed by atoms with Gasteiger partial charge in [-0.05, 0) is 24.3 Å². The minimum atomic E-state index is -4.24. The van der Waals surface area contributed by atoms with Crippen molar-refractivity contribution >= 4 is 15.9 Å². The van der Waals surface area contributed by atoms with Crippen molar-refractivity contribution in [3.05, 3.63) is 40.7 Å². The number of hydrogen-bond acceptors (Lipinski definition) is 5. The first-order valence-electron chi connectivity index (χ1n) is 6.68. The van der Waals surface area contributed by atoms with Gasteiger partial charge in [0.2, 0.25) is 0 Å². The van der Waals surface area contributed by atoms with Gasteiger partial charge in [0.1, 0.15) is 5.82 Å². The molecule has 1 saturated heterocycles. The summed E-state index contributed by atoms with van der Waals surface area (Å²) in [7, 11) is -4.24. The van der Waals surface area contributed by atoms with Crippen LogP contribution in [0.3, 0.4) is 0 Å². The van der Waals surface area contributed by atoms with Crippen LogP contribution in [0.2, 0.25) is 0 Å². The molecule has 1 aromatic heterocycles. The number of benzene rings is 1. The minimum absolute atomic E-state index is 0.218. The van der Waals surface area contributed by atoms with E-state index in [1.165, 1.54) is 35.0 Å². The molecule has 1 fully saturated rings. The number of nitrogens with one attached hydrogen (secondary N) is 1. The van der Waals surface area contributed by atoms with Gasteiger partial charge in [-0.2, -0.15) is 8.42 Å². The zero-order valence-corrected chi connectivity index (χ0v) is 12.4. The number of hydrogen-bond donors (Lipinski definition) is 2. The molecule has 0 unspecified atom stereocenters. The number of nitrogens with zero attached hydrogens (tertiary/aromatic N) is 2. The lowest BCUT2D eigenvalue weighted by molar-refractivity contribution is 0.122. The molecule has 9 heteroatoms. The maximum atomic E-state index is 12.1. The van der Waals surface area contributed by atoms with E-state index in [1.54, 1.807) is 0 Å². The number of rotatable bonds is 3. The second-order valence-electron chi connectivity index (χ2n) is 4.88. The van der Waals surface area contributed by atoms with Crippen molar-refractivity contribution in [3.8, 4) is 5.69 Å². The largest absolute Gasteiger partial charge is 0.378 e. The fourth-order valence-electron chi connectivity index (χ4n) is 2.31. The van der Waals surface area contributed by atoms with E-state index in [0.717, 1.165) is 0 Å². The van der Waals surface area contributed by atoms with Crippen LogP contribution in [0.15, 0.2) is 40.0 Å². The summed E-state index contributed by atoms with van der Waals surface area (Å²) >= 11 is 0. The molecule has 0 bridgehead atoms. The monoisotopic (exact) mass is 325 g/mol. The van der Waals surface area contributed by atoms with Crippen molar-refractivity contribution in [2.24, 2.45) is 0 Å². The van der Waals surface area contributed by atoms with E-state index in [-0.39, 0.29) is 10.5 Å². The van der Waals surface area contributed by atoms with Crippen LogP contribution in [0.5, 0.6) is 0 Å². The summed E-state index contributed by atoms with van der Waals surface area (Å²) < 4.78 is 37.6. The van der Waals surface area contributed by atoms with Gasteiger partial charge in [0, 0.05) is 19.2 Å². The first-order chi connectivity index (χ1) is 10.4. The zero-order chi connectivity index (χ0) is 15.7. The summed E-state index contributed by atoms with van der Waals surface area (Å²) in [5.41, 5.74) is 0.234. The van der Waals surface area contributed by atoms with E-state index in [0.29, 0.717) is 37.8 Å². The van der Waals surface area contributed by atoms with Crippen LogP contribution < -0.4 is 10.5 Å².